The van der Waals surface area contributed by atoms with E-state index in [1.807, 2.05) is 12.1 Å². The number of benzene rings is 1. The number of hydrogen-bond acceptors (Lipinski definition) is 1. The summed E-state index contributed by atoms with van der Waals surface area (Å²) < 4.78 is 0. The van der Waals surface area contributed by atoms with Gasteiger partial charge in [-0.3, -0.25) is 0 Å². The second-order valence-corrected chi connectivity index (χ2v) is 5.03. The van der Waals surface area contributed by atoms with Crippen molar-refractivity contribution in [2.75, 3.05) is 6.54 Å². The zero-order chi connectivity index (χ0) is 10.9. The molecule has 2 atom stereocenters. The molecular weight excluding hydrogens is 206 g/mol. The Labute approximate surface area is 96.8 Å². The molecule has 82 valence electrons. The van der Waals surface area contributed by atoms with Gasteiger partial charge in [0.25, 0.3) is 0 Å². The van der Waals surface area contributed by atoms with E-state index < -0.39 is 0 Å². The molecule has 0 bridgehead atoms. The van der Waals surface area contributed by atoms with Crippen LogP contribution in [-0.4, -0.2) is 12.6 Å². The molecule has 0 spiro atoms. The van der Waals surface area contributed by atoms with Crippen LogP contribution in [0, 0.1) is 0 Å². The smallest absolute Gasteiger partial charge is 0.0408 e. The van der Waals surface area contributed by atoms with Gasteiger partial charge in [-0.2, -0.15) is 0 Å². The largest absolute Gasteiger partial charge is 0.313 e. The maximum atomic E-state index is 6.06. The fraction of sp³-hybridized carbons (Fsp3) is 0.538. The molecule has 0 radical (unpaired) electrons. The Morgan fingerprint density at radius 1 is 1.53 bits per heavy atom. The van der Waals surface area contributed by atoms with Gasteiger partial charge in [0.15, 0.2) is 0 Å². The molecular formula is C13H18ClN. The monoisotopic (exact) mass is 223 g/mol. The summed E-state index contributed by atoms with van der Waals surface area (Å²) in [6, 6.07) is 8.88. The predicted molar refractivity (Wildman–Crippen MR) is 65.5 cm³/mol. The van der Waals surface area contributed by atoms with Crippen LogP contribution in [0.4, 0.5) is 0 Å². The quantitative estimate of drug-likeness (QED) is 0.811. The Kier molecular flexibility index (Phi) is 3.03. The number of rotatable bonds is 2. The minimum Gasteiger partial charge on any atom is -0.313 e. The summed E-state index contributed by atoms with van der Waals surface area (Å²) in [6.45, 7) is 5.69. The lowest BCUT2D eigenvalue weighted by molar-refractivity contribution is 0.393. The minimum atomic E-state index is 0.250. The molecule has 2 heteroatoms. The van der Waals surface area contributed by atoms with E-state index in [0.29, 0.717) is 6.04 Å². The molecule has 0 aliphatic carbocycles. The average molecular weight is 224 g/mol. The van der Waals surface area contributed by atoms with Crippen LogP contribution in [-0.2, 0) is 5.41 Å². The van der Waals surface area contributed by atoms with E-state index in [1.165, 1.54) is 18.4 Å². The molecule has 1 saturated heterocycles. The number of hydrogen-bond donors (Lipinski definition) is 1. The summed E-state index contributed by atoms with van der Waals surface area (Å²) in [7, 11) is 0. The van der Waals surface area contributed by atoms with Crippen molar-refractivity contribution in [3.8, 4) is 0 Å². The topological polar surface area (TPSA) is 12.0 Å². The molecule has 15 heavy (non-hydrogen) atoms. The molecule has 1 N–H and O–H groups in total. The first-order valence-electron chi connectivity index (χ1n) is 5.66. The first-order chi connectivity index (χ1) is 7.16. The van der Waals surface area contributed by atoms with Gasteiger partial charge < -0.3 is 5.32 Å². The molecule has 2 rings (SSSR count). The molecule has 2 unspecified atom stereocenters. The van der Waals surface area contributed by atoms with Crippen LogP contribution in [0.25, 0.3) is 0 Å². The van der Waals surface area contributed by atoms with Crippen LogP contribution >= 0.6 is 11.6 Å². The van der Waals surface area contributed by atoms with Crippen LogP contribution in [0.2, 0.25) is 5.02 Å². The van der Waals surface area contributed by atoms with Crippen LogP contribution in [0.1, 0.15) is 32.3 Å². The van der Waals surface area contributed by atoms with Gasteiger partial charge >= 0.3 is 0 Å². The molecule has 1 aromatic rings. The highest BCUT2D eigenvalue weighted by Gasteiger charge is 2.38. The van der Waals surface area contributed by atoms with E-state index >= 15 is 0 Å². The van der Waals surface area contributed by atoms with E-state index in [0.717, 1.165) is 11.6 Å². The standard InChI is InChI=1S/C13H18ClN/c1-3-12-13(2,7-8-15-12)10-5-4-6-11(14)9-10/h4-6,9,12,15H,3,7-8H2,1-2H3. The third-order valence-corrected chi connectivity index (χ3v) is 3.93. The van der Waals surface area contributed by atoms with Gasteiger partial charge in [0, 0.05) is 16.5 Å². The van der Waals surface area contributed by atoms with E-state index in [4.69, 9.17) is 11.6 Å². The molecule has 0 amide bonds. The maximum Gasteiger partial charge on any atom is 0.0408 e. The third-order valence-electron chi connectivity index (χ3n) is 3.70. The molecule has 1 aromatic carbocycles. The number of nitrogens with one attached hydrogen (secondary N) is 1. The van der Waals surface area contributed by atoms with Crippen molar-refractivity contribution in [2.24, 2.45) is 0 Å². The Hall–Kier alpha value is -0.530. The highest BCUT2D eigenvalue weighted by molar-refractivity contribution is 6.30. The maximum absolute atomic E-state index is 6.06. The Morgan fingerprint density at radius 2 is 2.33 bits per heavy atom. The lowest BCUT2D eigenvalue weighted by Gasteiger charge is -2.31. The second-order valence-electron chi connectivity index (χ2n) is 4.59. The van der Waals surface area contributed by atoms with Crippen molar-refractivity contribution in [1.82, 2.24) is 5.32 Å². The van der Waals surface area contributed by atoms with Crippen LogP contribution < -0.4 is 5.32 Å². The fourth-order valence-electron chi connectivity index (χ4n) is 2.69. The van der Waals surface area contributed by atoms with Crippen molar-refractivity contribution < 1.29 is 0 Å². The van der Waals surface area contributed by atoms with Gasteiger partial charge in [-0.25, -0.2) is 0 Å². The van der Waals surface area contributed by atoms with Crippen molar-refractivity contribution >= 4 is 11.6 Å². The van der Waals surface area contributed by atoms with Crippen LogP contribution in [0.15, 0.2) is 24.3 Å². The van der Waals surface area contributed by atoms with Gasteiger partial charge in [-0.15, -0.1) is 0 Å². The van der Waals surface area contributed by atoms with E-state index in [-0.39, 0.29) is 5.41 Å². The normalized spacial score (nSPS) is 30.7. The van der Waals surface area contributed by atoms with Gasteiger partial charge in [0.1, 0.15) is 0 Å². The molecule has 1 nitrogen and oxygen atoms in total. The van der Waals surface area contributed by atoms with Crippen molar-refractivity contribution in [1.29, 1.82) is 0 Å². The van der Waals surface area contributed by atoms with Crippen LogP contribution in [0.5, 0.6) is 0 Å². The zero-order valence-corrected chi connectivity index (χ0v) is 10.1. The fourth-order valence-corrected chi connectivity index (χ4v) is 2.88. The summed E-state index contributed by atoms with van der Waals surface area (Å²) in [6.07, 6.45) is 2.37. The van der Waals surface area contributed by atoms with Gasteiger partial charge in [0.2, 0.25) is 0 Å². The molecule has 1 fully saturated rings. The van der Waals surface area contributed by atoms with Gasteiger partial charge in [-0.05, 0) is 37.1 Å². The minimum absolute atomic E-state index is 0.250. The highest BCUT2D eigenvalue weighted by atomic mass is 35.5. The van der Waals surface area contributed by atoms with Crippen LogP contribution in [0.3, 0.4) is 0 Å². The molecule has 1 heterocycles. The average Bonchev–Trinajstić information content (AvgIpc) is 2.61. The molecule has 1 aliphatic rings. The molecule has 0 aromatic heterocycles. The summed E-state index contributed by atoms with van der Waals surface area (Å²) in [5, 5.41) is 4.41. The van der Waals surface area contributed by atoms with E-state index in [9.17, 15) is 0 Å². The Balaban J connectivity index is 2.36. The third kappa shape index (κ3) is 1.91. The van der Waals surface area contributed by atoms with E-state index in [2.05, 4.69) is 31.3 Å². The molecule has 0 saturated carbocycles. The first kappa shape index (κ1) is 11.0. The van der Waals surface area contributed by atoms with E-state index in [1.54, 1.807) is 0 Å². The van der Waals surface area contributed by atoms with Crippen molar-refractivity contribution in [3.63, 3.8) is 0 Å². The predicted octanol–water partition coefficient (Wildman–Crippen LogP) is 3.37. The molecule has 1 aliphatic heterocycles. The van der Waals surface area contributed by atoms with Crippen molar-refractivity contribution in [2.45, 2.75) is 38.1 Å². The first-order valence-corrected chi connectivity index (χ1v) is 6.04. The summed E-state index contributed by atoms with van der Waals surface area (Å²) >= 11 is 6.06. The summed E-state index contributed by atoms with van der Waals surface area (Å²) in [5.74, 6) is 0. The summed E-state index contributed by atoms with van der Waals surface area (Å²) in [4.78, 5) is 0. The zero-order valence-electron chi connectivity index (χ0n) is 9.39. The Morgan fingerprint density at radius 3 is 3.00 bits per heavy atom. The Bertz CT molecular complexity index is 350. The van der Waals surface area contributed by atoms with Gasteiger partial charge in [0.05, 0.1) is 0 Å². The lowest BCUT2D eigenvalue weighted by Crippen LogP contribution is -2.37. The lowest BCUT2D eigenvalue weighted by atomic mass is 9.75. The highest BCUT2D eigenvalue weighted by Crippen LogP contribution is 2.37. The van der Waals surface area contributed by atoms with Crippen molar-refractivity contribution in [3.05, 3.63) is 34.9 Å². The van der Waals surface area contributed by atoms with Gasteiger partial charge in [-0.1, -0.05) is 37.6 Å². The number of halogens is 1. The SMILES string of the molecule is CCC1NCCC1(C)c1cccc(Cl)c1. The summed E-state index contributed by atoms with van der Waals surface area (Å²) in [5.41, 5.74) is 1.62. The second kappa shape index (κ2) is 4.15.